The Morgan fingerprint density at radius 3 is 2.61 bits per heavy atom. The van der Waals surface area contributed by atoms with Crippen LogP contribution in [0.25, 0.3) is 0 Å². The highest BCUT2D eigenvalue weighted by Gasteiger charge is 2.15. The third kappa shape index (κ3) is 4.35. The number of amides is 1. The fourth-order valence-corrected chi connectivity index (χ4v) is 1.86. The van der Waals surface area contributed by atoms with E-state index in [9.17, 15) is 4.79 Å². The van der Waals surface area contributed by atoms with Gasteiger partial charge in [-0.2, -0.15) is 11.8 Å². The maximum absolute atomic E-state index is 11.1. The monoisotopic (exact) mass is 266 g/mol. The summed E-state index contributed by atoms with van der Waals surface area (Å²) >= 11 is 1.85. The highest BCUT2D eigenvalue weighted by Crippen LogP contribution is 2.20. The molecule has 0 atom stereocenters. The standard InChI is InChI=1S/C14H22N2OS/c1-10-7-11(13(15)17)5-6-12(10)8-16-9-14(2,3)18-4/h5-7,16H,8-9H2,1-4H3,(H2,15,17). The number of benzene rings is 1. The van der Waals surface area contributed by atoms with Gasteiger partial charge in [-0.3, -0.25) is 4.79 Å². The molecule has 1 aromatic rings. The number of nitrogens with one attached hydrogen (secondary N) is 1. The number of aryl methyl sites for hydroxylation is 1. The molecule has 0 saturated heterocycles. The molecule has 100 valence electrons. The van der Waals surface area contributed by atoms with Gasteiger partial charge in [-0.05, 0) is 50.3 Å². The van der Waals surface area contributed by atoms with E-state index < -0.39 is 0 Å². The number of hydrogen-bond donors (Lipinski definition) is 2. The molecule has 18 heavy (non-hydrogen) atoms. The molecule has 0 aliphatic heterocycles. The summed E-state index contributed by atoms with van der Waals surface area (Å²) in [6.45, 7) is 8.20. The normalized spacial score (nSPS) is 11.6. The molecule has 0 aromatic heterocycles. The second-order valence-electron chi connectivity index (χ2n) is 5.07. The van der Waals surface area contributed by atoms with E-state index in [1.807, 2.05) is 30.8 Å². The largest absolute Gasteiger partial charge is 0.366 e. The zero-order valence-corrected chi connectivity index (χ0v) is 12.4. The summed E-state index contributed by atoms with van der Waals surface area (Å²) < 4.78 is 0.237. The van der Waals surface area contributed by atoms with E-state index >= 15 is 0 Å². The molecule has 1 rings (SSSR count). The second-order valence-corrected chi connectivity index (χ2v) is 6.59. The summed E-state index contributed by atoms with van der Waals surface area (Å²) in [4.78, 5) is 11.1. The molecule has 0 fully saturated rings. The van der Waals surface area contributed by atoms with Crippen LogP contribution in [0, 0.1) is 6.92 Å². The van der Waals surface area contributed by atoms with Crippen LogP contribution in [0.2, 0.25) is 0 Å². The van der Waals surface area contributed by atoms with E-state index in [1.165, 1.54) is 5.56 Å². The number of carbonyl (C=O) groups is 1. The molecule has 0 bridgehead atoms. The number of rotatable bonds is 6. The van der Waals surface area contributed by atoms with Gasteiger partial charge in [0, 0.05) is 23.4 Å². The molecule has 0 aliphatic rings. The van der Waals surface area contributed by atoms with Gasteiger partial charge in [0.25, 0.3) is 0 Å². The Hall–Kier alpha value is -1.00. The van der Waals surface area contributed by atoms with Crippen molar-refractivity contribution >= 4 is 17.7 Å². The SMILES string of the molecule is CSC(C)(C)CNCc1ccc(C(N)=O)cc1C. The number of nitrogens with two attached hydrogens (primary N) is 1. The Balaban J connectivity index is 2.61. The van der Waals surface area contributed by atoms with E-state index in [1.54, 1.807) is 6.07 Å². The summed E-state index contributed by atoms with van der Waals surface area (Å²) in [5, 5.41) is 3.45. The fourth-order valence-electron chi connectivity index (χ4n) is 1.62. The first kappa shape index (κ1) is 15.1. The van der Waals surface area contributed by atoms with E-state index in [4.69, 9.17) is 5.73 Å². The van der Waals surface area contributed by atoms with Crippen LogP contribution in [0.1, 0.15) is 35.3 Å². The van der Waals surface area contributed by atoms with Crippen molar-refractivity contribution in [2.75, 3.05) is 12.8 Å². The van der Waals surface area contributed by atoms with E-state index in [0.29, 0.717) is 5.56 Å². The third-order valence-corrected chi connectivity index (χ3v) is 4.30. The van der Waals surface area contributed by atoms with Crippen LogP contribution in [0.5, 0.6) is 0 Å². The Bertz CT molecular complexity index is 430. The highest BCUT2D eigenvalue weighted by atomic mass is 32.2. The summed E-state index contributed by atoms with van der Waals surface area (Å²) in [7, 11) is 0. The Kier molecular flexibility index (Phi) is 5.23. The van der Waals surface area contributed by atoms with Gasteiger partial charge in [0.15, 0.2) is 0 Å². The van der Waals surface area contributed by atoms with Crippen LogP contribution in [-0.2, 0) is 6.54 Å². The van der Waals surface area contributed by atoms with Gasteiger partial charge in [-0.25, -0.2) is 0 Å². The topological polar surface area (TPSA) is 55.1 Å². The van der Waals surface area contributed by atoms with E-state index in [0.717, 1.165) is 18.7 Å². The number of primary amides is 1. The lowest BCUT2D eigenvalue weighted by atomic mass is 10.0. The quantitative estimate of drug-likeness (QED) is 0.831. The summed E-state index contributed by atoms with van der Waals surface area (Å²) in [6, 6.07) is 5.60. The van der Waals surface area contributed by atoms with Gasteiger partial charge >= 0.3 is 0 Å². The van der Waals surface area contributed by atoms with Crippen molar-refractivity contribution < 1.29 is 4.79 Å². The molecule has 1 aromatic carbocycles. The predicted octanol–water partition coefficient (Wildman–Crippen LogP) is 2.33. The van der Waals surface area contributed by atoms with Gasteiger partial charge in [-0.15, -0.1) is 0 Å². The van der Waals surface area contributed by atoms with Crippen molar-refractivity contribution in [1.82, 2.24) is 5.32 Å². The van der Waals surface area contributed by atoms with Gasteiger partial charge in [0.2, 0.25) is 5.91 Å². The predicted molar refractivity (Wildman–Crippen MR) is 79.0 cm³/mol. The maximum Gasteiger partial charge on any atom is 0.248 e. The summed E-state index contributed by atoms with van der Waals surface area (Å²) in [5.41, 5.74) is 8.12. The molecular weight excluding hydrogens is 244 g/mol. The van der Waals surface area contributed by atoms with Crippen molar-refractivity contribution in [2.24, 2.45) is 5.73 Å². The van der Waals surface area contributed by atoms with Crippen LogP contribution < -0.4 is 11.1 Å². The van der Waals surface area contributed by atoms with Crippen molar-refractivity contribution in [3.05, 3.63) is 34.9 Å². The van der Waals surface area contributed by atoms with Crippen LogP contribution >= 0.6 is 11.8 Å². The second kappa shape index (κ2) is 6.25. The van der Waals surface area contributed by atoms with Gasteiger partial charge in [0.1, 0.15) is 0 Å². The van der Waals surface area contributed by atoms with Crippen molar-refractivity contribution in [3.63, 3.8) is 0 Å². The first-order chi connectivity index (χ1) is 8.35. The Labute approximate surface area is 114 Å². The molecule has 0 aliphatic carbocycles. The van der Waals surface area contributed by atoms with Gasteiger partial charge in [-0.1, -0.05) is 6.07 Å². The molecular formula is C14H22N2OS. The first-order valence-electron chi connectivity index (χ1n) is 6.01. The number of carbonyl (C=O) groups excluding carboxylic acids is 1. The van der Waals surface area contributed by atoms with E-state index in [-0.39, 0.29) is 10.7 Å². The minimum Gasteiger partial charge on any atom is -0.366 e. The van der Waals surface area contributed by atoms with Crippen molar-refractivity contribution in [1.29, 1.82) is 0 Å². The molecule has 0 heterocycles. The lowest BCUT2D eigenvalue weighted by molar-refractivity contribution is 0.1000. The molecule has 1 amide bonds. The summed E-state index contributed by atoms with van der Waals surface area (Å²) in [5.74, 6) is -0.374. The highest BCUT2D eigenvalue weighted by molar-refractivity contribution is 7.99. The van der Waals surface area contributed by atoms with E-state index in [2.05, 4.69) is 25.4 Å². The molecule has 4 heteroatoms. The number of hydrogen-bond acceptors (Lipinski definition) is 3. The molecule has 0 radical (unpaired) electrons. The molecule has 0 saturated carbocycles. The molecule has 3 nitrogen and oxygen atoms in total. The minimum atomic E-state index is -0.374. The average Bonchev–Trinajstić information content (AvgIpc) is 2.31. The average molecular weight is 266 g/mol. The molecule has 0 unspecified atom stereocenters. The third-order valence-electron chi connectivity index (χ3n) is 3.05. The Morgan fingerprint density at radius 2 is 2.11 bits per heavy atom. The van der Waals surface area contributed by atoms with Crippen molar-refractivity contribution in [3.8, 4) is 0 Å². The van der Waals surface area contributed by atoms with Crippen LogP contribution in [0.3, 0.4) is 0 Å². The zero-order chi connectivity index (χ0) is 13.8. The van der Waals surface area contributed by atoms with Gasteiger partial charge in [0.05, 0.1) is 0 Å². The van der Waals surface area contributed by atoms with Crippen LogP contribution in [0.15, 0.2) is 18.2 Å². The molecule has 0 spiro atoms. The lowest BCUT2D eigenvalue weighted by Gasteiger charge is -2.22. The van der Waals surface area contributed by atoms with Crippen molar-refractivity contribution in [2.45, 2.75) is 32.1 Å². The Morgan fingerprint density at radius 1 is 1.44 bits per heavy atom. The minimum absolute atomic E-state index is 0.237. The number of thioether (sulfide) groups is 1. The molecule has 3 N–H and O–H groups in total. The summed E-state index contributed by atoms with van der Waals surface area (Å²) in [6.07, 6.45) is 2.12. The maximum atomic E-state index is 11.1. The first-order valence-corrected chi connectivity index (χ1v) is 7.23. The van der Waals surface area contributed by atoms with Crippen LogP contribution in [0.4, 0.5) is 0 Å². The van der Waals surface area contributed by atoms with Crippen LogP contribution in [-0.4, -0.2) is 23.5 Å². The van der Waals surface area contributed by atoms with Gasteiger partial charge < -0.3 is 11.1 Å². The fraction of sp³-hybridized carbons (Fsp3) is 0.500. The smallest absolute Gasteiger partial charge is 0.248 e. The lowest BCUT2D eigenvalue weighted by Crippen LogP contribution is -2.31. The zero-order valence-electron chi connectivity index (χ0n) is 11.5.